The molecule has 1 aromatic heterocycles. The third-order valence-corrected chi connectivity index (χ3v) is 5.31. The van der Waals surface area contributed by atoms with E-state index in [-0.39, 0.29) is 12.5 Å². The lowest BCUT2D eigenvalue weighted by Crippen LogP contribution is -2.38. The lowest BCUT2D eigenvalue weighted by Gasteiger charge is -2.27. The molecule has 0 spiro atoms. The normalized spacial score (nSPS) is 20.2. The second-order valence-electron chi connectivity index (χ2n) is 7.26. The molecule has 27 heavy (non-hydrogen) atoms. The van der Waals surface area contributed by atoms with Gasteiger partial charge in [-0.2, -0.15) is 0 Å². The lowest BCUT2D eigenvalue weighted by molar-refractivity contribution is -0.0163. The molecule has 144 valence electrons. The van der Waals surface area contributed by atoms with Crippen molar-refractivity contribution in [1.82, 2.24) is 9.88 Å². The first-order valence-corrected chi connectivity index (χ1v) is 9.58. The van der Waals surface area contributed by atoms with Gasteiger partial charge in [0, 0.05) is 19.3 Å². The monoisotopic (exact) mass is 388 g/mol. The van der Waals surface area contributed by atoms with Crippen LogP contribution in [-0.4, -0.2) is 46.2 Å². The van der Waals surface area contributed by atoms with Crippen molar-refractivity contribution in [1.29, 1.82) is 0 Å². The summed E-state index contributed by atoms with van der Waals surface area (Å²) in [5.41, 5.74) is 1.40. The van der Waals surface area contributed by atoms with Crippen LogP contribution in [0.2, 0.25) is 5.02 Å². The fourth-order valence-electron chi connectivity index (χ4n) is 3.32. The Labute approximate surface area is 164 Å². The van der Waals surface area contributed by atoms with Gasteiger partial charge in [0.25, 0.3) is 5.91 Å². The Morgan fingerprint density at radius 3 is 2.89 bits per heavy atom. The molecule has 3 rings (SSSR count). The van der Waals surface area contributed by atoms with Crippen molar-refractivity contribution in [3.8, 4) is 5.75 Å². The zero-order valence-electron chi connectivity index (χ0n) is 15.7. The van der Waals surface area contributed by atoms with Gasteiger partial charge in [-0.1, -0.05) is 23.7 Å². The van der Waals surface area contributed by atoms with Crippen LogP contribution in [-0.2, 0) is 0 Å². The van der Waals surface area contributed by atoms with Crippen molar-refractivity contribution < 1.29 is 14.6 Å². The van der Waals surface area contributed by atoms with E-state index in [9.17, 15) is 9.90 Å². The van der Waals surface area contributed by atoms with Crippen LogP contribution >= 0.6 is 11.6 Å². The highest BCUT2D eigenvalue weighted by atomic mass is 35.5. The number of carbonyl (C=O) groups excluding carboxylic acids is 1. The first-order valence-electron chi connectivity index (χ1n) is 9.20. The molecule has 1 atom stereocenters. The molecular formula is C21H25ClN2O3. The first kappa shape index (κ1) is 19.6. The van der Waals surface area contributed by atoms with E-state index in [4.69, 9.17) is 16.3 Å². The Kier molecular flexibility index (Phi) is 6.02. The molecule has 2 heterocycles. The lowest BCUT2D eigenvalue weighted by atomic mass is 9.96. The third-order valence-electron chi connectivity index (χ3n) is 5.00. The Morgan fingerprint density at radius 1 is 1.30 bits per heavy atom. The highest BCUT2D eigenvalue weighted by Crippen LogP contribution is 2.29. The summed E-state index contributed by atoms with van der Waals surface area (Å²) in [6.07, 6.45) is 3.36. The van der Waals surface area contributed by atoms with E-state index in [0.29, 0.717) is 48.8 Å². The largest absolute Gasteiger partial charge is 0.489 e. The van der Waals surface area contributed by atoms with Gasteiger partial charge in [-0.25, -0.2) is 0 Å². The van der Waals surface area contributed by atoms with E-state index >= 15 is 0 Å². The molecule has 6 heteroatoms. The number of aliphatic hydroxyl groups is 1. The van der Waals surface area contributed by atoms with Crippen LogP contribution in [0.25, 0.3) is 0 Å². The van der Waals surface area contributed by atoms with Gasteiger partial charge in [-0.15, -0.1) is 0 Å². The molecule has 1 unspecified atom stereocenters. The number of nitrogens with zero attached hydrogens (tertiary/aromatic N) is 2. The number of amides is 1. The third kappa shape index (κ3) is 4.79. The molecule has 1 aliphatic rings. The maximum atomic E-state index is 12.8. The summed E-state index contributed by atoms with van der Waals surface area (Å²) in [6.45, 7) is 5.07. The summed E-state index contributed by atoms with van der Waals surface area (Å²) in [7, 11) is 0. The molecule has 1 amide bonds. The van der Waals surface area contributed by atoms with Gasteiger partial charge in [0.05, 0.1) is 5.02 Å². The molecule has 0 radical (unpaired) electrons. The molecule has 2 aromatic rings. The van der Waals surface area contributed by atoms with Gasteiger partial charge in [0.15, 0.2) is 0 Å². The average molecular weight is 389 g/mol. The van der Waals surface area contributed by atoms with E-state index in [1.165, 1.54) is 0 Å². The minimum atomic E-state index is -0.985. The molecule has 0 saturated carbocycles. The summed E-state index contributed by atoms with van der Waals surface area (Å²) >= 11 is 6.17. The van der Waals surface area contributed by atoms with Crippen LogP contribution in [0, 0.1) is 13.8 Å². The summed E-state index contributed by atoms with van der Waals surface area (Å²) in [6, 6.07) is 9.27. The van der Waals surface area contributed by atoms with E-state index in [0.717, 1.165) is 11.1 Å². The Bertz CT molecular complexity index is 827. The van der Waals surface area contributed by atoms with Crippen molar-refractivity contribution in [3.05, 3.63) is 58.4 Å². The maximum absolute atomic E-state index is 12.8. The van der Waals surface area contributed by atoms with Crippen LogP contribution < -0.4 is 4.74 Å². The fraction of sp³-hybridized carbons (Fsp3) is 0.429. The van der Waals surface area contributed by atoms with Crippen LogP contribution in [0.4, 0.5) is 0 Å². The van der Waals surface area contributed by atoms with Crippen LogP contribution in [0.3, 0.4) is 0 Å². The number of aryl methyl sites for hydroxylation is 2. The minimum Gasteiger partial charge on any atom is -0.489 e. The van der Waals surface area contributed by atoms with Crippen molar-refractivity contribution in [2.75, 3.05) is 19.7 Å². The molecule has 5 nitrogen and oxygen atoms in total. The SMILES string of the molecule is Cc1ccc(Cl)c(OCC2(O)CCCN(C(=O)c3ncccc3C)CC2)c1. The maximum Gasteiger partial charge on any atom is 0.272 e. The van der Waals surface area contributed by atoms with Gasteiger partial charge in [-0.3, -0.25) is 9.78 Å². The van der Waals surface area contributed by atoms with Crippen molar-refractivity contribution in [2.24, 2.45) is 0 Å². The number of rotatable bonds is 4. The number of aromatic nitrogens is 1. The molecule has 0 bridgehead atoms. The number of halogens is 1. The number of benzene rings is 1. The summed E-state index contributed by atoms with van der Waals surface area (Å²) < 4.78 is 5.82. The summed E-state index contributed by atoms with van der Waals surface area (Å²) in [5.74, 6) is 0.492. The van der Waals surface area contributed by atoms with E-state index in [1.807, 2.05) is 38.1 Å². The minimum absolute atomic E-state index is 0.0833. The van der Waals surface area contributed by atoms with Crippen LogP contribution in [0.15, 0.2) is 36.5 Å². The van der Waals surface area contributed by atoms with Gasteiger partial charge in [0.2, 0.25) is 0 Å². The van der Waals surface area contributed by atoms with Crippen LogP contribution in [0.5, 0.6) is 5.75 Å². The number of hydrogen-bond acceptors (Lipinski definition) is 4. The Morgan fingerprint density at radius 2 is 2.11 bits per heavy atom. The quantitative estimate of drug-likeness (QED) is 0.865. The molecule has 1 fully saturated rings. The van der Waals surface area contributed by atoms with Gasteiger partial charge >= 0.3 is 0 Å². The second kappa shape index (κ2) is 8.28. The molecule has 1 N–H and O–H groups in total. The smallest absolute Gasteiger partial charge is 0.272 e. The second-order valence-corrected chi connectivity index (χ2v) is 7.67. The number of pyridine rings is 1. The zero-order valence-corrected chi connectivity index (χ0v) is 16.5. The molecule has 1 aromatic carbocycles. The highest BCUT2D eigenvalue weighted by molar-refractivity contribution is 6.32. The van der Waals surface area contributed by atoms with Gasteiger partial charge < -0.3 is 14.7 Å². The standard InChI is InChI=1S/C21H25ClN2O3/c1-15-6-7-17(22)18(13-15)27-14-21(26)8-4-11-24(12-9-21)20(25)19-16(2)5-3-10-23-19/h3,5-7,10,13,26H,4,8-9,11-12,14H2,1-2H3. The summed E-state index contributed by atoms with van der Waals surface area (Å²) in [5, 5.41) is 11.5. The molecule has 1 saturated heterocycles. The predicted molar refractivity (Wildman–Crippen MR) is 105 cm³/mol. The molecule has 0 aliphatic carbocycles. The highest BCUT2D eigenvalue weighted by Gasteiger charge is 2.33. The first-order chi connectivity index (χ1) is 12.9. The fourth-order valence-corrected chi connectivity index (χ4v) is 3.49. The Balaban J connectivity index is 1.64. The predicted octanol–water partition coefficient (Wildman–Crippen LogP) is 3.79. The Hall–Kier alpha value is -2.11. The van der Waals surface area contributed by atoms with Gasteiger partial charge in [-0.05, 0) is 62.4 Å². The topological polar surface area (TPSA) is 62.7 Å². The average Bonchev–Trinajstić information content (AvgIpc) is 2.85. The summed E-state index contributed by atoms with van der Waals surface area (Å²) in [4.78, 5) is 18.8. The van der Waals surface area contributed by atoms with Crippen molar-refractivity contribution in [2.45, 2.75) is 38.7 Å². The zero-order chi connectivity index (χ0) is 19.4. The number of likely N-dealkylation sites (tertiary alicyclic amines) is 1. The van der Waals surface area contributed by atoms with E-state index in [1.54, 1.807) is 17.2 Å². The molecular weight excluding hydrogens is 364 g/mol. The van der Waals surface area contributed by atoms with Crippen LogP contribution in [0.1, 0.15) is 40.9 Å². The van der Waals surface area contributed by atoms with E-state index < -0.39 is 5.60 Å². The number of ether oxygens (including phenoxy) is 1. The number of hydrogen-bond donors (Lipinski definition) is 1. The van der Waals surface area contributed by atoms with Crippen molar-refractivity contribution in [3.63, 3.8) is 0 Å². The van der Waals surface area contributed by atoms with Crippen molar-refractivity contribution >= 4 is 17.5 Å². The molecule has 1 aliphatic heterocycles. The van der Waals surface area contributed by atoms with E-state index in [2.05, 4.69) is 4.98 Å². The number of carbonyl (C=O) groups is 1. The van der Waals surface area contributed by atoms with Gasteiger partial charge in [0.1, 0.15) is 23.7 Å².